The van der Waals surface area contributed by atoms with Gasteiger partial charge in [0.1, 0.15) is 0 Å². The van der Waals surface area contributed by atoms with Crippen LogP contribution in [0.5, 0.6) is 0 Å². The van der Waals surface area contributed by atoms with Gasteiger partial charge in [-0.2, -0.15) is 0 Å². The molecule has 1 aromatic rings. The Bertz CT molecular complexity index is 1090. The number of amides is 3. The predicted octanol–water partition coefficient (Wildman–Crippen LogP) is 5.61. The third kappa shape index (κ3) is 6.05. The standard InChI is InChI=1S/C33H48F2N4O3/c1-23(2)39-31(41)37(20-24-13-17-42-21-24)22-32(39)18-27-8-9-28(19-32)38(27)16-12-29(25-6-4-3-5-7-25)36-30(40)26-10-14-33(34,35)15-11-26/h3-7,23-24,26-29H,8-22H2,1-2H3,(H,36,40)/t24?,27?,28?,29-,32?/m0/s1. The van der Waals surface area contributed by atoms with E-state index in [2.05, 4.69) is 33.9 Å². The molecular formula is C33H48F2N4O3. The van der Waals surface area contributed by atoms with E-state index in [1.54, 1.807) is 0 Å². The molecule has 4 saturated heterocycles. The molecule has 0 radical (unpaired) electrons. The lowest BCUT2D eigenvalue weighted by Crippen LogP contribution is -2.60. The Hall–Kier alpha value is -2.26. The molecule has 7 nitrogen and oxygen atoms in total. The van der Waals surface area contributed by atoms with Crippen molar-refractivity contribution in [3.05, 3.63) is 35.9 Å². The quantitative estimate of drug-likeness (QED) is 0.409. The number of nitrogens with one attached hydrogen (secondary N) is 1. The van der Waals surface area contributed by atoms with Crippen LogP contribution in [0.25, 0.3) is 0 Å². The summed E-state index contributed by atoms with van der Waals surface area (Å²) in [5.74, 6) is -2.64. The fourth-order valence-electron chi connectivity index (χ4n) is 8.79. The third-order valence-electron chi connectivity index (χ3n) is 10.8. The molecule has 3 unspecified atom stereocenters. The first-order valence-electron chi connectivity index (χ1n) is 16.3. The van der Waals surface area contributed by atoms with Crippen LogP contribution in [0.15, 0.2) is 30.3 Å². The van der Waals surface area contributed by atoms with E-state index in [-0.39, 0.29) is 61.2 Å². The van der Waals surface area contributed by atoms with Crippen LogP contribution < -0.4 is 5.32 Å². The molecule has 6 rings (SSSR count). The van der Waals surface area contributed by atoms with Gasteiger partial charge in [-0.3, -0.25) is 9.69 Å². The summed E-state index contributed by atoms with van der Waals surface area (Å²) < 4.78 is 33.0. The topological polar surface area (TPSA) is 65.1 Å². The van der Waals surface area contributed by atoms with Crippen molar-refractivity contribution in [3.8, 4) is 0 Å². The van der Waals surface area contributed by atoms with Crippen LogP contribution >= 0.6 is 0 Å². The molecule has 5 fully saturated rings. The Morgan fingerprint density at radius 1 is 1.05 bits per heavy atom. The van der Waals surface area contributed by atoms with Gasteiger partial charge >= 0.3 is 6.03 Å². The number of alkyl halides is 2. The molecule has 2 bridgehead atoms. The first kappa shape index (κ1) is 29.8. The third-order valence-corrected chi connectivity index (χ3v) is 10.8. The number of carbonyl (C=O) groups is 2. The molecular weight excluding hydrogens is 538 g/mol. The maximum absolute atomic E-state index is 13.7. The molecule has 4 aliphatic heterocycles. The monoisotopic (exact) mass is 586 g/mol. The maximum atomic E-state index is 13.7. The number of fused-ring (bicyclic) bond motifs is 2. The molecule has 232 valence electrons. The van der Waals surface area contributed by atoms with Gasteiger partial charge in [-0.1, -0.05) is 30.3 Å². The molecule has 1 aliphatic carbocycles. The average molecular weight is 587 g/mol. The second kappa shape index (κ2) is 12.0. The van der Waals surface area contributed by atoms with Gasteiger partial charge in [0.2, 0.25) is 11.8 Å². The molecule has 5 aliphatic rings. The second-order valence-corrected chi connectivity index (χ2v) is 14.0. The summed E-state index contributed by atoms with van der Waals surface area (Å²) in [6, 6.07) is 11.1. The van der Waals surface area contributed by atoms with Gasteiger partial charge in [-0.15, -0.1) is 0 Å². The number of urea groups is 1. The van der Waals surface area contributed by atoms with Crippen LogP contribution in [-0.2, 0) is 9.53 Å². The number of rotatable bonds is 9. The van der Waals surface area contributed by atoms with Crippen molar-refractivity contribution in [2.45, 2.75) is 114 Å². The Morgan fingerprint density at radius 2 is 1.74 bits per heavy atom. The molecule has 1 spiro atoms. The van der Waals surface area contributed by atoms with Gasteiger partial charge in [0.25, 0.3) is 0 Å². The minimum absolute atomic E-state index is 0.0929. The van der Waals surface area contributed by atoms with Crippen molar-refractivity contribution in [3.63, 3.8) is 0 Å². The molecule has 1 aromatic carbocycles. The number of hydrogen-bond acceptors (Lipinski definition) is 4. The Morgan fingerprint density at radius 3 is 2.36 bits per heavy atom. The zero-order valence-corrected chi connectivity index (χ0v) is 25.3. The van der Waals surface area contributed by atoms with Gasteiger partial charge in [0.15, 0.2) is 0 Å². The summed E-state index contributed by atoms with van der Waals surface area (Å²) in [5.41, 5.74) is 0.940. The second-order valence-electron chi connectivity index (χ2n) is 14.0. The molecule has 1 saturated carbocycles. The fraction of sp³-hybridized carbons (Fsp3) is 0.758. The predicted molar refractivity (Wildman–Crippen MR) is 157 cm³/mol. The molecule has 0 aromatic heterocycles. The minimum atomic E-state index is -2.64. The highest BCUT2D eigenvalue weighted by molar-refractivity contribution is 5.79. The van der Waals surface area contributed by atoms with Crippen LogP contribution in [0, 0.1) is 11.8 Å². The number of carbonyl (C=O) groups excluding carboxylic acids is 2. The molecule has 42 heavy (non-hydrogen) atoms. The Balaban J connectivity index is 1.12. The zero-order valence-electron chi connectivity index (χ0n) is 25.3. The molecule has 1 N–H and O–H groups in total. The van der Waals surface area contributed by atoms with E-state index in [4.69, 9.17) is 4.74 Å². The highest BCUT2D eigenvalue weighted by Crippen LogP contribution is 2.48. The molecule has 9 heteroatoms. The van der Waals surface area contributed by atoms with Crippen LogP contribution in [-0.4, -0.2) is 89.1 Å². The summed E-state index contributed by atoms with van der Waals surface area (Å²) in [6.45, 7) is 8.32. The Labute approximate surface area is 249 Å². The maximum Gasteiger partial charge on any atom is 0.320 e. The molecule has 4 heterocycles. The van der Waals surface area contributed by atoms with E-state index in [1.807, 2.05) is 30.3 Å². The zero-order chi connectivity index (χ0) is 29.5. The highest BCUT2D eigenvalue weighted by Gasteiger charge is 2.57. The number of benzene rings is 1. The minimum Gasteiger partial charge on any atom is -0.381 e. The summed E-state index contributed by atoms with van der Waals surface area (Å²) in [4.78, 5) is 33.9. The van der Waals surface area contributed by atoms with Gasteiger partial charge in [-0.25, -0.2) is 13.6 Å². The number of hydrogen-bond donors (Lipinski definition) is 1. The van der Waals surface area contributed by atoms with E-state index < -0.39 is 5.92 Å². The van der Waals surface area contributed by atoms with Crippen molar-refractivity contribution in [2.75, 3.05) is 32.8 Å². The summed E-state index contributed by atoms with van der Waals surface area (Å²) >= 11 is 0. The molecule has 4 atom stereocenters. The number of piperidine rings is 1. The van der Waals surface area contributed by atoms with Gasteiger partial charge in [0, 0.05) is 69.0 Å². The normalized spacial score (nSPS) is 32.3. The van der Waals surface area contributed by atoms with Gasteiger partial charge < -0.3 is 19.9 Å². The van der Waals surface area contributed by atoms with Gasteiger partial charge in [0.05, 0.1) is 18.2 Å². The van der Waals surface area contributed by atoms with Crippen LogP contribution in [0.1, 0.15) is 89.7 Å². The molecule has 3 amide bonds. The lowest BCUT2D eigenvalue weighted by Gasteiger charge is -2.49. The fourth-order valence-corrected chi connectivity index (χ4v) is 8.79. The smallest absolute Gasteiger partial charge is 0.320 e. The number of halogens is 2. The average Bonchev–Trinajstić information content (AvgIpc) is 3.63. The van der Waals surface area contributed by atoms with Crippen LogP contribution in [0.2, 0.25) is 0 Å². The first-order chi connectivity index (χ1) is 20.1. The van der Waals surface area contributed by atoms with Crippen molar-refractivity contribution >= 4 is 11.9 Å². The first-order valence-corrected chi connectivity index (χ1v) is 16.3. The van der Waals surface area contributed by atoms with Crippen LogP contribution in [0.4, 0.5) is 13.6 Å². The summed E-state index contributed by atoms with van der Waals surface area (Å²) in [6.07, 6.45) is 6.15. The number of ether oxygens (including phenoxy) is 1. The lowest BCUT2D eigenvalue weighted by atomic mass is 9.81. The van der Waals surface area contributed by atoms with E-state index in [0.717, 1.165) is 76.9 Å². The number of nitrogens with zero attached hydrogens (tertiary/aromatic N) is 3. The Kier molecular flexibility index (Phi) is 8.53. The van der Waals surface area contributed by atoms with Crippen LogP contribution in [0.3, 0.4) is 0 Å². The largest absolute Gasteiger partial charge is 0.381 e. The lowest BCUT2D eigenvalue weighted by molar-refractivity contribution is -0.130. The summed E-state index contributed by atoms with van der Waals surface area (Å²) in [7, 11) is 0. The van der Waals surface area contributed by atoms with Crippen molar-refractivity contribution in [2.24, 2.45) is 11.8 Å². The van der Waals surface area contributed by atoms with Crippen molar-refractivity contribution in [1.82, 2.24) is 20.0 Å². The van der Waals surface area contributed by atoms with Crippen molar-refractivity contribution in [1.29, 1.82) is 0 Å². The van der Waals surface area contributed by atoms with E-state index in [1.165, 1.54) is 0 Å². The van der Waals surface area contributed by atoms with E-state index in [9.17, 15) is 18.4 Å². The van der Waals surface area contributed by atoms with Crippen molar-refractivity contribution < 1.29 is 23.1 Å². The SMILES string of the molecule is CC(C)N1C(=O)N(CC2CCOC2)CC12CC1CCC(C2)N1CC[C@H](NC(=O)C1CCC(F)(F)CC1)c1ccccc1. The van der Waals surface area contributed by atoms with E-state index >= 15 is 0 Å². The van der Waals surface area contributed by atoms with Gasteiger partial charge in [-0.05, 0) is 70.8 Å². The van der Waals surface area contributed by atoms with E-state index in [0.29, 0.717) is 18.0 Å². The highest BCUT2D eigenvalue weighted by atomic mass is 19.3. The summed E-state index contributed by atoms with van der Waals surface area (Å²) in [5, 5.41) is 3.26.